The second-order valence-electron chi connectivity index (χ2n) is 5.41. The minimum atomic E-state index is 0.0183. The first-order valence-electron chi connectivity index (χ1n) is 8.34. The molecule has 1 amide bonds. The van der Waals surface area contributed by atoms with Gasteiger partial charge in [-0.2, -0.15) is 11.8 Å². The fourth-order valence-electron chi connectivity index (χ4n) is 2.45. The number of hydrogen-bond acceptors (Lipinski definition) is 4. The van der Waals surface area contributed by atoms with Crippen LogP contribution in [0.1, 0.15) is 13.8 Å². The third kappa shape index (κ3) is 5.65. The maximum atomic E-state index is 12.2. The van der Waals surface area contributed by atoms with Gasteiger partial charge < -0.3 is 10.2 Å². The van der Waals surface area contributed by atoms with E-state index in [-0.39, 0.29) is 5.91 Å². The summed E-state index contributed by atoms with van der Waals surface area (Å²) in [6.45, 7) is 7.45. The predicted molar refractivity (Wildman–Crippen MR) is 103 cm³/mol. The summed E-state index contributed by atoms with van der Waals surface area (Å²) in [7, 11) is 0. The Hall–Kier alpha value is -1.85. The molecule has 2 aromatic rings. The highest BCUT2D eigenvalue weighted by molar-refractivity contribution is 7.99. The molecule has 2 rings (SSSR count). The van der Waals surface area contributed by atoms with Gasteiger partial charge in [0, 0.05) is 24.1 Å². The Balaban J connectivity index is 1.89. The molecule has 0 unspecified atom stereocenters. The summed E-state index contributed by atoms with van der Waals surface area (Å²) < 4.78 is 0. The lowest BCUT2D eigenvalue weighted by atomic mass is 10.1. The predicted octanol–water partition coefficient (Wildman–Crippen LogP) is 3.76. The zero-order chi connectivity index (χ0) is 17.2. The molecule has 0 aliphatic heterocycles. The van der Waals surface area contributed by atoms with Crippen LogP contribution in [0.2, 0.25) is 0 Å². The van der Waals surface area contributed by atoms with Crippen molar-refractivity contribution in [2.75, 3.05) is 36.5 Å². The number of anilines is 1. The maximum Gasteiger partial charge on any atom is 0.234 e. The second-order valence-corrected chi connectivity index (χ2v) is 6.52. The summed E-state index contributed by atoms with van der Waals surface area (Å²) in [4.78, 5) is 18.7. The van der Waals surface area contributed by atoms with Crippen LogP contribution >= 0.6 is 11.8 Å². The lowest BCUT2D eigenvalue weighted by Gasteiger charge is -2.17. The van der Waals surface area contributed by atoms with Crippen LogP contribution in [0.15, 0.2) is 48.8 Å². The molecule has 0 saturated carbocycles. The number of thioether (sulfide) groups is 1. The summed E-state index contributed by atoms with van der Waals surface area (Å²) >= 11 is 1.67. The van der Waals surface area contributed by atoms with Gasteiger partial charge in [0.1, 0.15) is 0 Å². The molecule has 0 radical (unpaired) electrons. The number of amides is 1. The van der Waals surface area contributed by atoms with Crippen molar-refractivity contribution in [1.29, 1.82) is 0 Å². The third-order valence-electron chi connectivity index (χ3n) is 3.86. The van der Waals surface area contributed by atoms with E-state index in [0.29, 0.717) is 5.75 Å². The summed E-state index contributed by atoms with van der Waals surface area (Å²) in [6, 6.07) is 12.0. The minimum absolute atomic E-state index is 0.0183. The van der Waals surface area contributed by atoms with Crippen LogP contribution in [0, 0.1) is 0 Å². The van der Waals surface area contributed by atoms with Crippen LogP contribution in [-0.2, 0) is 4.79 Å². The van der Waals surface area contributed by atoms with E-state index in [1.165, 1.54) is 0 Å². The van der Waals surface area contributed by atoms with Crippen LogP contribution in [0.3, 0.4) is 0 Å². The largest absolute Gasteiger partial charge is 0.323 e. The van der Waals surface area contributed by atoms with Crippen LogP contribution in [0.5, 0.6) is 0 Å². The van der Waals surface area contributed by atoms with E-state index in [9.17, 15) is 4.79 Å². The lowest BCUT2D eigenvalue weighted by Crippen LogP contribution is -2.26. The quantitative estimate of drug-likeness (QED) is 0.704. The summed E-state index contributed by atoms with van der Waals surface area (Å²) in [5.41, 5.74) is 2.83. The molecule has 0 fully saturated rings. The number of aromatic nitrogens is 1. The number of nitrogens with one attached hydrogen (secondary N) is 1. The second kappa shape index (κ2) is 10.1. The Labute approximate surface area is 148 Å². The van der Waals surface area contributed by atoms with Gasteiger partial charge in [0.2, 0.25) is 5.91 Å². The van der Waals surface area contributed by atoms with E-state index in [1.54, 1.807) is 24.2 Å². The Morgan fingerprint density at radius 2 is 1.92 bits per heavy atom. The molecular formula is C19H25N3OS. The number of carbonyl (C=O) groups is 1. The van der Waals surface area contributed by atoms with Gasteiger partial charge in [-0.15, -0.1) is 0 Å². The Kier molecular flexibility index (Phi) is 7.79. The smallest absolute Gasteiger partial charge is 0.234 e. The van der Waals surface area contributed by atoms with Crippen molar-refractivity contribution in [1.82, 2.24) is 9.88 Å². The number of nitrogens with zero attached hydrogens (tertiary/aromatic N) is 2. The highest BCUT2D eigenvalue weighted by atomic mass is 32.2. The molecule has 0 bridgehead atoms. The van der Waals surface area contributed by atoms with Gasteiger partial charge in [-0.3, -0.25) is 9.78 Å². The van der Waals surface area contributed by atoms with Crippen LogP contribution in [0.4, 0.5) is 5.69 Å². The maximum absolute atomic E-state index is 12.2. The zero-order valence-electron chi connectivity index (χ0n) is 14.4. The molecular weight excluding hydrogens is 318 g/mol. The summed E-state index contributed by atoms with van der Waals surface area (Å²) in [6.07, 6.45) is 3.46. The first-order valence-corrected chi connectivity index (χ1v) is 9.49. The van der Waals surface area contributed by atoms with Gasteiger partial charge in [-0.25, -0.2) is 0 Å². The SMILES string of the molecule is CCN(CC)CCSCC(=O)Nc1cnccc1-c1ccccc1. The van der Waals surface area contributed by atoms with Gasteiger partial charge in [0.05, 0.1) is 17.6 Å². The molecule has 0 aliphatic rings. The normalized spacial score (nSPS) is 10.8. The summed E-state index contributed by atoms with van der Waals surface area (Å²) in [5, 5.41) is 2.99. The van der Waals surface area contributed by atoms with Crippen LogP contribution in [-0.4, -0.2) is 46.9 Å². The molecule has 0 spiro atoms. The Bertz CT molecular complexity index is 630. The van der Waals surface area contributed by atoms with E-state index in [4.69, 9.17) is 0 Å². The standard InChI is InChI=1S/C19H25N3OS/c1-3-22(4-2)12-13-24-15-19(23)21-18-14-20-11-10-17(18)16-8-6-5-7-9-16/h5-11,14H,3-4,12-13,15H2,1-2H3,(H,21,23). The molecule has 128 valence electrons. The van der Waals surface area contributed by atoms with Gasteiger partial charge in [0.15, 0.2) is 0 Å². The van der Waals surface area contributed by atoms with E-state index in [2.05, 4.69) is 29.0 Å². The average molecular weight is 343 g/mol. The highest BCUT2D eigenvalue weighted by Gasteiger charge is 2.09. The number of hydrogen-bond donors (Lipinski definition) is 1. The van der Waals surface area contributed by atoms with Crippen molar-refractivity contribution in [3.05, 3.63) is 48.8 Å². The third-order valence-corrected chi connectivity index (χ3v) is 4.80. The van der Waals surface area contributed by atoms with Crippen molar-refractivity contribution in [3.63, 3.8) is 0 Å². The first kappa shape index (κ1) is 18.5. The lowest BCUT2D eigenvalue weighted by molar-refractivity contribution is -0.113. The monoisotopic (exact) mass is 343 g/mol. The fourth-order valence-corrected chi connectivity index (χ4v) is 3.24. The van der Waals surface area contributed by atoms with Crippen molar-refractivity contribution >= 4 is 23.4 Å². The van der Waals surface area contributed by atoms with E-state index in [1.807, 2.05) is 36.4 Å². The van der Waals surface area contributed by atoms with Crippen molar-refractivity contribution in [2.24, 2.45) is 0 Å². The van der Waals surface area contributed by atoms with Gasteiger partial charge in [-0.05, 0) is 24.7 Å². The van der Waals surface area contributed by atoms with E-state index in [0.717, 1.165) is 42.2 Å². The fraction of sp³-hybridized carbons (Fsp3) is 0.368. The Morgan fingerprint density at radius 3 is 2.62 bits per heavy atom. The molecule has 24 heavy (non-hydrogen) atoms. The number of rotatable bonds is 9. The topological polar surface area (TPSA) is 45.2 Å². The number of pyridine rings is 1. The molecule has 5 heteroatoms. The van der Waals surface area contributed by atoms with Crippen molar-refractivity contribution in [2.45, 2.75) is 13.8 Å². The molecule has 0 aliphatic carbocycles. The van der Waals surface area contributed by atoms with E-state index >= 15 is 0 Å². The highest BCUT2D eigenvalue weighted by Crippen LogP contribution is 2.26. The Morgan fingerprint density at radius 1 is 1.17 bits per heavy atom. The van der Waals surface area contributed by atoms with Crippen LogP contribution in [0.25, 0.3) is 11.1 Å². The van der Waals surface area contributed by atoms with Gasteiger partial charge in [-0.1, -0.05) is 44.2 Å². The van der Waals surface area contributed by atoms with Crippen molar-refractivity contribution < 1.29 is 4.79 Å². The molecule has 0 atom stereocenters. The summed E-state index contributed by atoms with van der Waals surface area (Å²) in [5.74, 6) is 1.45. The minimum Gasteiger partial charge on any atom is -0.323 e. The molecule has 1 aromatic heterocycles. The van der Waals surface area contributed by atoms with Gasteiger partial charge >= 0.3 is 0 Å². The first-order chi connectivity index (χ1) is 11.7. The molecule has 1 heterocycles. The molecule has 4 nitrogen and oxygen atoms in total. The van der Waals surface area contributed by atoms with Gasteiger partial charge in [0.25, 0.3) is 0 Å². The molecule has 1 aromatic carbocycles. The van der Waals surface area contributed by atoms with Crippen LogP contribution < -0.4 is 5.32 Å². The molecule has 1 N–H and O–H groups in total. The number of benzene rings is 1. The van der Waals surface area contributed by atoms with E-state index < -0.39 is 0 Å². The average Bonchev–Trinajstić information content (AvgIpc) is 2.63. The number of carbonyl (C=O) groups excluding carboxylic acids is 1. The zero-order valence-corrected chi connectivity index (χ0v) is 15.2. The van der Waals surface area contributed by atoms with Crippen molar-refractivity contribution in [3.8, 4) is 11.1 Å². The molecule has 0 saturated heterocycles.